The topological polar surface area (TPSA) is 116 Å². The summed E-state index contributed by atoms with van der Waals surface area (Å²) < 4.78 is 11.2. The zero-order valence-electron chi connectivity index (χ0n) is 26.6. The fourth-order valence-corrected chi connectivity index (χ4v) is 6.10. The third-order valence-corrected chi connectivity index (χ3v) is 8.80. The normalized spacial score (nSPS) is 23.7. The maximum absolute atomic E-state index is 11.6. The van der Waals surface area contributed by atoms with Gasteiger partial charge in [0.25, 0.3) is 0 Å². The van der Waals surface area contributed by atoms with Crippen molar-refractivity contribution in [3.05, 3.63) is 23.8 Å². The molecule has 0 aliphatic carbocycles. The summed E-state index contributed by atoms with van der Waals surface area (Å²) in [6.45, 7) is 3.91. The highest BCUT2D eigenvalue weighted by molar-refractivity contribution is 5.90. The van der Waals surface area contributed by atoms with E-state index in [1.807, 2.05) is 25.2 Å². The summed E-state index contributed by atoms with van der Waals surface area (Å²) in [4.78, 5) is 11.6. The van der Waals surface area contributed by atoms with Crippen LogP contribution in [0.4, 0.5) is 0 Å². The van der Waals surface area contributed by atoms with Crippen molar-refractivity contribution < 1.29 is 34.7 Å². The van der Waals surface area contributed by atoms with Gasteiger partial charge in [-0.2, -0.15) is 0 Å². The summed E-state index contributed by atoms with van der Waals surface area (Å²) >= 11 is 0. The van der Waals surface area contributed by atoms with Crippen LogP contribution in [0.1, 0.15) is 149 Å². The molecule has 1 saturated heterocycles. The van der Waals surface area contributed by atoms with Gasteiger partial charge in [-0.25, -0.2) is 4.79 Å². The minimum absolute atomic E-state index is 0.0552. The number of aliphatic hydroxyl groups is 4. The molecule has 0 aromatic rings. The van der Waals surface area contributed by atoms with Crippen molar-refractivity contribution in [2.75, 3.05) is 0 Å². The van der Waals surface area contributed by atoms with E-state index >= 15 is 0 Å². The number of ether oxygens (including phenoxy) is 2. The van der Waals surface area contributed by atoms with E-state index in [-0.39, 0.29) is 24.3 Å². The van der Waals surface area contributed by atoms with Crippen LogP contribution < -0.4 is 0 Å². The third kappa shape index (κ3) is 16.0. The molecule has 7 nitrogen and oxygen atoms in total. The summed E-state index contributed by atoms with van der Waals surface area (Å²) in [5.74, 6) is -0.275. The van der Waals surface area contributed by atoms with Gasteiger partial charge in [-0.15, -0.1) is 0 Å². The lowest BCUT2D eigenvalue weighted by Crippen LogP contribution is -2.26. The summed E-state index contributed by atoms with van der Waals surface area (Å²) in [5, 5.41) is 40.6. The van der Waals surface area contributed by atoms with Gasteiger partial charge in [-0.05, 0) is 64.4 Å². The molecule has 0 saturated carbocycles. The van der Waals surface area contributed by atoms with Gasteiger partial charge in [0, 0.05) is 12.0 Å². The highest BCUT2D eigenvalue weighted by atomic mass is 16.5. The van der Waals surface area contributed by atoms with Crippen LogP contribution in [0.2, 0.25) is 0 Å². The van der Waals surface area contributed by atoms with E-state index in [4.69, 9.17) is 9.47 Å². The molecular formula is C35H62O7. The first kappa shape index (κ1) is 36.9. The third-order valence-electron chi connectivity index (χ3n) is 8.80. The van der Waals surface area contributed by atoms with Crippen molar-refractivity contribution in [3.63, 3.8) is 0 Å². The fourth-order valence-electron chi connectivity index (χ4n) is 6.10. The molecule has 2 aliphatic heterocycles. The molecule has 0 amide bonds. The van der Waals surface area contributed by atoms with E-state index in [1.165, 1.54) is 51.4 Å². The van der Waals surface area contributed by atoms with Gasteiger partial charge in [-0.3, -0.25) is 0 Å². The van der Waals surface area contributed by atoms with Crippen LogP contribution in [-0.2, 0) is 14.3 Å². The van der Waals surface area contributed by atoms with Crippen LogP contribution in [0.5, 0.6) is 0 Å². The van der Waals surface area contributed by atoms with Crippen LogP contribution in [0.25, 0.3) is 0 Å². The van der Waals surface area contributed by atoms with Crippen LogP contribution in [0, 0.1) is 0 Å². The van der Waals surface area contributed by atoms with E-state index in [0.717, 1.165) is 57.8 Å². The lowest BCUT2D eigenvalue weighted by Gasteiger charge is -2.19. The lowest BCUT2D eigenvalue weighted by atomic mass is 10.0. The second kappa shape index (κ2) is 22.3. The standard InChI is InChI=1S/C35H62O7/c1-3-4-20-31(37)32(38)21-16-13-17-22-33(39)34-24-23-30(42-34)19-15-12-10-8-6-5-7-9-11-14-18-29(36)26-28-25-27(2)41-35(28)40/h13,16,25,27,29-34,36-39H,3-12,14-15,17-24,26H2,1-2H3/b16-13-/t27-,29+,30+,31-,32-,33-,34-/m0/s1. The molecule has 2 heterocycles. The van der Waals surface area contributed by atoms with Gasteiger partial charge in [0.2, 0.25) is 0 Å². The molecule has 0 aromatic carbocycles. The van der Waals surface area contributed by atoms with Gasteiger partial charge in [0.1, 0.15) is 6.10 Å². The van der Waals surface area contributed by atoms with Crippen molar-refractivity contribution in [1.82, 2.24) is 0 Å². The molecule has 0 radical (unpaired) electrons. The van der Waals surface area contributed by atoms with Crippen LogP contribution in [0.15, 0.2) is 23.8 Å². The average Bonchev–Trinajstić information content (AvgIpc) is 3.57. The first-order chi connectivity index (χ1) is 20.3. The lowest BCUT2D eigenvalue weighted by molar-refractivity contribution is -0.139. The number of unbranched alkanes of at least 4 members (excludes halogenated alkanes) is 10. The summed E-state index contributed by atoms with van der Waals surface area (Å²) in [5.41, 5.74) is 0.624. The van der Waals surface area contributed by atoms with E-state index in [1.54, 1.807) is 0 Å². The van der Waals surface area contributed by atoms with Crippen LogP contribution in [-0.4, -0.2) is 69.1 Å². The highest BCUT2D eigenvalue weighted by Gasteiger charge is 2.30. The summed E-state index contributed by atoms with van der Waals surface area (Å²) in [6.07, 6.45) is 24.4. The first-order valence-corrected chi connectivity index (χ1v) is 17.2. The van der Waals surface area contributed by atoms with Crippen molar-refractivity contribution in [3.8, 4) is 0 Å². The van der Waals surface area contributed by atoms with Crippen molar-refractivity contribution in [2.45, 2.75) is 191 Å². The minimum atomic E-state index is -0.709. The number of carbonyl (C=O) groups is 1. The fraction of sp³-hybridized carbons (Fsp3) is 0.857. The number of aliphatic hydroxyl groups excluding tert-OH is 4. The number of allylic oxidation sites excluding steroid dienone is 1. The van der Waals surface area contributed by atoms with E-state index in [2.05, 4.69) is 6.92 Å². The Kier molecular flexibility index (Phi) is 19.6. The van der Waals surface area contributed by atoms with Crippen molar-refractivity contribution in [2.24, 2.45) is 0 Å². The van der Waals surface area contributed by atoms with Crippen LogP contribution >= 0.6 is 0 Å². The molecular weight excluding hydrogens is 532 g/mol. The number of hydrogen-bond acceptors (Lipinski definition) is 7. The second-order valence-corrected chi connectivity index (χ2v) is 12.8. The zero-order valence-corrected chi connectivity index (χ0v) is 26.6. The van der Waals surface area contributed by atoms with Gasteiger partial charge >= 0.3 is 5.97 Å². The largest absolute Gasteiger partial charge is 0.455 e. The highest BCUT2D eigenvalue weighted by Crippen LogP contribution is 2.28. The Morgan fingerprint density at radius 2 is 1.50 bits per heavy atom. The van der Waals surface area contributed by atoms with E-state index in [9.17, 15) is 25.2 Å². The molecule has 0 bridgehead atoms. The minimum Gasteiger partial charge on any atom is -0.455 e. The Morgan fingerprint density at radius 1 is 0.833 bits per heavy atom. The molecule has 1 fully saturated rings. The molecule has 0 unspecified atom stereocenters. The maximum atomic E-state index is 11.6. The molecule has 2 aliphatic rings. The molecule has 0 spiro atoms. The second-order valence-electron chi connectivity index (χ2n) is 12.8. The molecule has 2 rings (SSSR count). The number of esters is 1. The molecule has 42 heavy (non-hydrogen) atoms. The number of carbonyl (C=O) groups excluding carboxylic acids is 1. The quantitative estimate of drug-likeness (QED) is 0.0520. The number of hydrogen-bond donors (Lipinski definition) is 4. The Labute approximate surface area is 255 Å². The Balaban J connectivity index is 1.36. The van der Waals surface area contributed by atoms with E-state index in [0.29, 0.717) is 31.3 Å². The molecule has 4 N–H and O–H groups in total. The number of rotatable bonds is 25. The van der Waals surface area contributed by atoms with E-state index < -0.39 is 24.4 Å². The zero-order chi connectivity index (χ0) is 30.6. The predicted octanol–water partition coefficient (Wildman–Crippen LogP) is 6.84. The van der Waals surface area contributed by atoms with Crippen molar-refractivity contribution >= 4 is 5.97 Å². The summed E-state index contributed by atoms with van der Waals surface area (Å²) in [6, 6.07) is 0. The average molecular weight is 595 g/mol. The SMILES string of the molecule is CCCC[C@H](O)[C@@H](O)C/C=C\CC[C@H](O)[C@@H]1CC[C@@H](CCCCCCCCCCCC[C@@H](O)CC2=C[C@H](C)OC2=O)O1. The molecule has 244 valence electrons. The van der Waals surface area contributed by atoms with Crippen LogP contribution in [0.3, 0.4) is 0 Å². The van der Waals surface area contributed by atoms with Gasteiger partial charge in [0.15, 0.2) is 0 Å². The molecule has 7 atom stereocenters. The first-order valence-electron chi connectivity index (χ1n) is 17.2. The van der Waals surface area contributed by atoms with Gasteiger partial charge in [-0.1, -0.05) is 96.1 Å². The van der Waals surface area contributed by atoms with Gasteiger partial charge in [0.05, 0.1) is 36.6 Å². The predicted molar refractivity (Wildman–Crippen MR) is 168 cm³/mol. The Bertz CT molecular complexity index is 766. The van der Waals surface area contributed by atoms with Crippen molar-refractivity contribution in [1.29, 1.82) is 0 Å². The smallest absolute Gasteiger partial charge is 0.334 e. The van der Waals surface area contributed by atoms with Gasteiger partial charge < -0.3 is 29.9 Å². The molecule has 7 heteroatoms. The molecule has 0 aromatic heterocycles. The Hall–Kier alpha value is -1.25. The Morgan fingerprint density at radius 3 is 2.14 bits per heavy atom. The summed E-state index contributed by atoms with van der Waals surface area (Å²) in [7, 11) is 0. The number of cyclic esters (lactones) is 1. The monoisotopic (exact) mass is 594 g/mol. The maximum Gasteiger partial charge on any atom is 0.334 e.